The van der Waals surface area contributed by atoms with Gasteiger partial charge in [0.2, 0.25) is 0 Å². The predicted molar refractivity (Wildman–Crippen MR) is 105 cm³/mol. The van der Waals surface area contributed by atoms with Crippen LogP contribution in [0, 0.1) is 0 Å². The number of nitrogens with zero attached hydrogens (tertiary/aromatic N) is 1. The molecule has 0 saturated carbocycles. The minimum absolute atomic E-state index is 0.0569. The Morgan fingerprint density at radius 1 is 1.15 bits per heavy atom. The third kappa shape index (κ3) is 3.32. The lowest BCUT2D eigenvalue weighted by atomic mass is 9.95. The molecule has 0 spiro atoms. The van der Waals surface area contributed by atoms with Crippen LogP contribution in [0.25, 0.3) is 5.76 Å². The van der Waals surface area contributed by atoms with Crippen LogP contribution in [0.1, 0.15) is 17.2 Å². The molecule has 0 aliphatic carbocycles. The van der Waals surface area contributed by atoms with E-state index in [-0.39, 0.29) is 17.9 Å². The largest absolute Gasteiger partial charge is 0.507 e. The molecule has 1 aliphatic heterocycles. The number of hydrogen-bond donors (Lipinski definition) is 1. The van der Waals surface area contributed by atoms with Gasteiger partial charge in [-0.2, -0.15) is 0 Å². The van der Waals surface area contributed by atoms with Gasteiger partial charge in [-0.25, -0.2) is 0 Å². The van der Waals surface area contributed by atoms with Crippen LogP contribution < -0.4 is 0 Å². The number of Topliss-reactive ketones (excluding diaryl/α,β-unsaturated/α-hetero) is 1. The van der Waals surface area contributed by atoms with Gasteiger partial charge in [-0.3, -0.25) is 9.59 Å². The minimum Gasteiger partial charge on any atom is -0.507 e. The third-order valence-corrected chi connectivity index (χ3v) is 4.95. The first-order chi connectivity index (χ1) is 12.4. The fourth-order valence-electron chi connectivity index (χ4n) is 2.96. The normalized spacial score (nSPS) is 19.0. The Morgan fingerprint density at radius 3 is 2.35 bits per heavy atom. The fraction of sp³-hybridized carbons (Fsp3) is 0.100. The second kappa shape index (κ2) is 7.48. The second-order valence-electron chi connectivity index (χ2n) is 5.80. The molecular formula is C20H15BrClNO3. The molecule has 0 aromatic heterocycles. The highest BCUT2D eigenvalue weighted by Gasteiger charge is 2.45. The molecule has 1 saturated heterocycles. The molecule has 1 heterocycles. The topological polar surface area (TPSA) is 57.6 Å². The van der Waals surface area contributed by atoms with Crippen molar-refractivity contribution in [3.63, 3.8) is 0 Å². The van der Waals surface area contributed by atoms with Crippen molar-refractivity contribution < 1.29 is 14.7 Å². The molecule has 1 atom stereocenters. The van der Waals surface area contributed by atoms with Crippen molar-refractivity contribution >= 4 is 45.0 Å². The van der Waals surface area contributed by atoms with E-state index < -0.39 is 17.7 Å². The van der Waals surface area contributed by atoms with E-state index in [1.54, 1.807) is 54.6 Å². The number of halogens is 2. The number of benzene rings is 2. The molecule has 0 radical (unpaired) electrons. The number of amides is 1. The Bertz CT molecular complexity index is 904. The quantitative estimate of drug-likeness (QED) is 0.329. The molecule has 1 amide bonds. The lowest BCUT2D eigenvalue weighted by Crippen LogP contribution is -2.29. The zero-order valence-electron chi connectivity index (χ0n) is 13.7. The summed E-state index contributed by atoms with van der Waals surface area (Å²) in [5, 5.41) is 11.3. The van der Waals surface area contributed by atoms with Crippen LogP contribution in [-0.4, -0.2) is 28.2 Å². The van der Waals surface area contributed by atoms with Gasteiger partial charge in [-0.15, -0.1) is 6.58 Å². The average Bonchev–Trinajstić information content (AvgIpc) is 2.88. The first kappa shape index (κ1) is 18.4. The molecule has 4 nitrogen and oxygen atoms in total. The smallest absolute Gasteiger partial charge is 0.295 e. The molecule has 132 valence electrons. The molecule has 2 aromatic carbocycles. The summed E-state index contributed by atoms with van der Waals surface area (Å²) >= 11 is 9.29. The van der Waals surface area contributed by atoms with Gasteiger partial charge in [-0.1, -0.05) is 57.9 Å². The molecule has 1 aliphatic rings. The number of likely N-dealkylation sites (tertiary alicyclic amines) is 1. The molecule has 0 unspecified atom stereocenters. The highest BCUT2D eigenvalue weighted by Crippen LogP contribution is 2.39. The number of hydrogen-bond acceptors (Lipinski definition) is 3. The Hall–Kier alpha value is -2.37. The summed E-state index contributed by atoms with van der Waals surface area (Å²) in [5.74, 6) is -1.59. The molecule has 0 bridgehead atoms. The number of carbonyl (C=O) groups excluding carboxylic acids is 2. The van der Waals surface area contributed by atoms with E-state index in [0.717, 1.165) is 4.47 Å². The van der Waals surface area contributed by atoms with Gasteiger partial charge in [0.15, 0.2) is 0 Å². The van der Waals surface area contributed by atoms with Gasteiger partial charge in [-0.05, 0) is 29.8 Å². The number of ketones is 1. The zero-order valence-corrected chi connectivity index (χ0v) is 16.0. The predicted octanol–water partition coefficient (Wildman–Crippen LogP) is 4.71. The van der Waals surface area contributed by atoms with Crippen LogP contribution in [-0.2, 0) is 9.59 Å². The summed E-state index contributed by atoms with van der Waals surface area (Å²) in [7, 11) is 0. The Kier molecular flexibility index (Phi) is 5.30. The van der Waals surface area contributed by atoms with Crippen LogP contribution in [0.15, 0.2) is 71.2 Å². The summed E-state index contributed by atoms with van der Waals surface area (Å²) in [4.78, 5) is 26.5. The maximum Gasteiger partial charge on any atom is 0.295 e. The van der Waals surface area contributed by atoms with E-state index in [1.165, 1.54) is 4.90 Å². The highest BCUT2D eigenvalue weighted by molar-refractivity contribution is 9.10. The van der Waals surface area contributed by atoms with Gasteiger partial charge in [0.1, 0.15) is 5.76 Å². The number of rotatable bonds is 4. The van der Waals surface area contributed by atoms with Gasteiger partial charge < -0.3 is 10.0 Å². The van der Waals surface area contributed by atoms with E-state index in [0.29, 0.717) is 16.1 Å². The SMILES string of the molecule is C=CCN1C(=O)C(=O)C(=C(O)c2ccc(Br)cc2)[C@@H]1c1ccc(Cl)cc1. The summed E-state index contributed by atoms with van der Waals surface area (Å²) in [5.41, 5.74) is 1.21. The average molecular weight is 433 g/mol. The molecule has 1 fully saturated rings. The molecule has 3 rings (SSSR count). The van der Waals surface area contributed by atoms with Crippen molar-refractivity contribution in [3.8, 4) is 0 Å². The van der Waals surface area contributed by atoms with Crippen LogP contribution >= 0.6 is 27.5 Å². The highest BCUT2D eigenvalue weighted by atomic mass is 79.9. The van der Waals surface area contributed by atoms with Crippen molar-refractivity contribution in [2.75, 3.05) is 6.54 Å². The van der Waals surface area contributed by atoms with Gasteiger partial charge in [0.05, 0.1) is 11.6 Å². The maximum absolute atomic E-state index is 12.6. The molecular weight excluding hydrogens is 418 g/mol. The molecule has 26 heavy (non-hydrogen) atoms. The second-order valence-corrected chi connectivity index (χ2v) is 7.15. The molecule has 1 N–H and O–H groups in total. The molecule has 6 heteroatoms. The molecule has 2 aromatic rings. The van der Waals surface area contributed by atoms with E-state index in [4.69, 9.17) is 11.6 Å². The van der Waals surface area contributed by atoms with Crippen molar-refractivity contribution in [2.45, 2.75) is 6.04 Å². The first-order valence-electron chi connectivity index (χ1n) is 7.84. The van der Waals surface area contributed by atoms with E-state index in [2.05, 4.69) is 22.5 Å². The Morgan fingerprint density at radius 2 is 1.77 bits per heavy atom. The van der Waals surface area contributed by atoms with Gasteiger partial charge >= 0.3 is 0 Å². The van der Waals surface area contributed by atoms with Crippen molar-refractivity contribution in [2.24, 2.45) is 0 Å². The van der Waals surface area contributed by atoms with E-state index >= 15 is 0 Å². The summed E-state index contributed by atoms with van der Waals surface area (Å²) in [6.07, 6.45) is 1.55. The lowest BCUT2D eigenvalue weighted by Gasteiger charge is -2.24. The van der Waals surface area contributed by atoms with E-state index in [9.17, 15) is 14.7 Å². The zero-order chi connectivity index (χ0) is 18.8. The first-order valence-corrected chi connectivity index (χ1v) is 9.02. The maximum atomic E-state index is 12.6. The van der Waals surface area contributed by atoms with E-state index in [1.807, 2.05) is 0 Å². The van der Waals surface area contributed by atoms with Crippen molar-refractivity contribution in [3.05, 3.63) is 87.4 Å². The number of aliphatic hydroxyl groups is 1. The van der Waals surface area contributed by atoms with Crippen molar-refractivity contribution in [1.82, 2.24) is 4.90 Å². The van der Waals surface area contributed by atoms with Gasteiger partial charge in [0.25, 0.3) is 11.7 Å². The van der Waals surface area contributed by atoms with Crippen LogP contribution in [0.2, 0.25) is 5.02 Å². The van der Waals surface area contributed by atoms with Crippen LogP contribution in [0.5, 0.6) is 0 Å². The third-order valence-electron chi connectivity index (χ3n) is 4.17. The Labute approximate surface area is 164 Å². The summed E-state index contributed by atoms with van der Waals surface area (Å²) in [6, 6.07) is 13.0. The lowest BCUT2D eigenvalue weighted by molar-refractivity contribution is -0.139. The van der Waals surface area contributed by atoms with Gasteiger partial charge in [0, 0.05) is 21.6 Å². The standard InChI is InChI=1S/C20H15BrClNO3/c1-2-11-23-17(12-5-9-15(22)10-6-12)16(19(25)20(23)26)18(24)13-3-7-14(21)8-4-13/h2-10,17,24H,1,11H2/t17-/m0/s1. The Balaban J connectivity index is 2.18. The van der Waals surface area contributed by atoms with Crippen molar-refractivity contribution in [1.29, 1.82) is 0 Å². The minimum atomic E-state index is -0.716. The summed E-state index contributed by atoms with van der Waals surface area (Å²) in [6.45, 7) is 3.84. The number of aliphatic hydroxyl groups excluding tert-OH is 1. The number of carbonyl (C=O) groups is 2. The fourth-order valence-corrected chi connectivity index (χ4v) is 3.35. The van der Waals surface area contributed by atoms with Crippen LogP contribution in [0.4, 0.5) is 0 Å². The summed E-state index contributed by atoms with van der Waals surface area (Å²) < 4.78 is 0.843. The monoisotopic (exact) mass is 431 g/mol. The van der Waals surface area contributed by atoms with Crippen LogP contribution in [0.3, 0.4) is 0 Å².